The van der Waals surface area contributed by atoms with E-state index in [1.54, 1.807) is 12.4 Å². The SMILES string of the molecule is C/C(=C\C(I)NC1=C(Br)C=NC(NCc2ccncc2)N1)C1CC1. The van der Waals surface area contributed by atoms with Gasteiger partial charge in [0, 0.05) is 25.2 Å². The smallest absolute Gasteiger partial charge is 0.175 e. The molecule has 0 aromatic carbocycles. The van der Waals surface area contributed by atoms with Gasteiger partial charge in [0.25, 0.3) is 0 Å². The van der Waals surface area contributed by atoms with Gasteiger partial charge < -0.3 is 10.6 Å². The van der Waals surface area contributed by atoms with Crippen molar-refractivity contribution in [3.05, 3.63) is 52.0 Å². The van der Waals surface area contributed by atoms with Crippen LogP contribution < -0.4 is 16.0 Å². The first kappa shape index (κ1) is 17.9. The van der Waals surface area contributed by atoms with E-state index in [9.17, 15) is 0 Å². The first-order chi connectivity index (χ1) is 11.6. The van der Waals surface area contributed by atoms with Gasteiger partial charge in [-0.05, 0) is 59.3 Å². The number of halogens is 2. The van der Waals surface area contributed by atoms with Gasteiger partial charge in [0.1, 0.15) is 5.82 Å². The lowest BCUT2D eigenvalue weighted by Gasteiger charge is -2.25. The monoisotopic (exact) mass is 501 g/mol. The van der Waals surface area contributed by atoms with E-state index in [2.05, 4.69) is 77.4 Å². The Labute approximate surface area is 164 Å². The summed E-state index contributed by atoms with van der Waals surface area (Å²) < 4.78 is 1.18. The topological polar surface area (TPSA) is 61.3 Å². The first-order valence-electron chi connectivity index (χ1n) is 8.02. The fourth-order valence-corrected chi connectivity index (χ4v) is 3.69. The zero-order valence-corrected chi connectivity index (χ0v) is 17.2. The fourth-order valence-electron chi connectivity index (χ4n) is 2.46. The molecule has 5 nitrogen and oxygen atoms in total. The number of nitrogens with zero attached hydrogens (tertiary/aromatic N) is 2. The predicted octanol–water partition coefficient (Wildman–Crippen LogP) is 3.40. The van der Waals surface area contributed by atoms with E-state index in [1.165, 1.54) is 24.0 Å². The van der Waals surface area contributed by atoms with E-state index in [0.29, 0.717) is 0 Å². The van der Waals surface area contributed by atoms with Crippen LogP contribution in [0.2, 0.25) is 0 Å². The van der Waals surface area contributed by atoms with Crippen LogP contribution >= 0.6 is 38.5 Å². The van der Waals surface area contributed by atoms with Crippen molar-refractivity contribution in [2.45, 2.75) is 36.6 Å². The first-order valence-corrected chi connectivity index (χ1v) is 10.1. The molecule has 0 radical (unpaired) electrons. The number of allylic oxidation sites excluding steroid dienone is 2. The molecule has 1 aromatic heterocycles. The minimum absolute atomic E-state index is 0.154. The van der Waals surface area contributed by atoms with E-state index >= 15 is 0 Å². The summed E-state index contributed by atoms with van der Waals surface area (Å²) >= 11 is 5.97. The van der Waals surface area contributed by atoms with E-state index < -0.39 is 0 Å². The molecule has 128 valence electrons. The molecule has 1 aliphatic heterocycles. The lowest BCUT2D eigenvalue weighted by atomic mass is 10.2. The third kappa shape index (κ3) is 5.29. The molecule has 7 heteroatoms. The van der Waals surface area contributed by atoms with Crippen molar-refractivity contribution in [3.8, 4) is 0 Å². The third-order valence-electron chi connectivity index (χ3n) is 4.02. The maximum atomic E-state index is 4.46. The molecule has 0 spiro atoms. The van der Waals surface area contributed by atoms with Gasteiger partial charge in [0.2, 0.25) is 0 Å². The normalized spacial score (nSPS) is 22.3. The number of hydrogen-bond donors (Lipinski definition) is 3. The van der Waals surface area contributed by atoms with Crippen LogP contribution in [-0.2, 0) is 6.54 Å². The zero-order valence-electron chi connectivity index (χ0n) is 13.5. The summed E-state index contributed by atoms with van der Waals surface area (Å²) in [6.07, 6.45) is 10.3. The van der Waals surface area contributed by atoms with Crippen LogP contribution in [0.1, 0.15) is 25.3 Å². The summed E-state index contributed by atoms with van der Waals surface area (Å²) in [5, 5.41) is 10.3. The lowest BCUT2D eigenvalue weighted by Crippen LogP contribution is -2.46. The van der Waals surface area contributed by atoms with Crippen LogP contribution in [0.4, 0.5) is 0 Å². The van der Waals surface area contributed by atoms with Crippen molar-refractivity contribution < 1.29 is 0 Å². The van der Waals surface area contributed by atoms with Crippen molar-refractivity contribution in [2.75, 3.05) is 0 Å². The molecular formula is C17H21BrIN5. The van der Waals surface area contributed by atoms with Gasteiger partial charge in [-0.25, -0.2) is 0 Å². The largest absolute Gasteiger partial charge is 0.356 e. The van der Waals surface area contributed by atoms with Crippen LogP contribution in [-0.4, -0.2) is 21.5 Å². The van der Waals surface area contributed by atoms with Crippen molar-refractivity contribution in [3.63, 3.8) is 0 Å². The summed E-state index contributed by atoms with van der Waals surface area (Å²) in [6, 6.07) is 3.99. The number of rotatable bonds is 7. The second-order valence-electron chi connectivity index (χ2n) is 6.02. The minimum atomic E-state index is -0.154. The number of nitrogens with one attached hydrogen (secondary N) is 3. The minimum Gasteiger partial charge on any atom is -0.356 e. The van der Waals surface area contributed by atoms with Crippen LogP contribution in [0.25, 0.3) is 0 Å². The fraction of sp³-hybridized carbons (Fsp3) is 0.412. The molecule has 2 unspecified atom stereocenters. The molecule has 24 heavy (non-hydrogen) atoms. The van der Waals surface area contributed by atoms with Crippen molar-refractivity contribution in [1.82, 2.24) is 20.9 Å². The van der Waals surface area contributed by atoms with Crippen LogP contribution in [0.5, 0.6) is 0 Å². The van der Waals surface area contributed by atoms with Gasteiger partial charge in [-0.15, -0.1) is 0 Å². The molecule has 0 saturated heterocycles. The van der Waals surface area contributed by atoms with Gasteiger partial charge in [0.05, 0.1) is 8.53 Å². The Hall–Kier alpha value is -0.930. The molecule has 3 rings (SSSR count). The lowest BCUT2D eigenvalue weighted by molar-refractivity contribution is 0.456. The molecular weight excluding hydrogens is 481 g/mol. The maximum Gasteiger partial charge on any atom is 0.175 e. The molecule has 2 heterocycles. The molecule has 1 aromatic rings. The number of aromatic nitrogens is 1. The number of hydrogen-bond acceptors (Lipinski definition) is 5. The van der Waals surface area contributed by atoms with Crippen molar-refractivity contribution in [1.29, 1.82) is 0 Å². The van der Waals surface area contributed by atoms with Gasteiger partial charge in [-0.2, -0.15) is 0 Å². The van der Waals surface area contributed by atoms with Crippen LogP contribution in [0, 0.1) is 5.92 Å². The molecule has 0 bridgehead atoms. The Morgan fingerprint density at radius 1 is 1.46 bits per heavy atom. The summed E-state index contributed by atoms with van der Waals surface area (Å²) in [5.74, 6) is 1.76. The van der Waals surface area contributed by atoms with E-state index in [-0.39, 0.29) is 10.3 Å². The summed E-state index contributed by atoms with van der Waals surface area (Å²) in [7, 11) is 0. The molecule has 1 aliphatic carbocycles. The summed E-state index contributed by atoms with van der Waals surface area (Å²) in [6.45, 7) is 2.96. The Morgan fingerprint density at radius 3 is 2.92 bits per heavy atom. The highest BCUT2D eigenvalue weighted by Gasteiger charge is 2.23. The maximum absolute atomic E-state index is 4.46. The third-order valence-corrected chi connectivity index (χ3v) is 5.29. The van der Waals surface area contributed by atoms with Crippen LogP contribution in [0.3, 0.4) is 0 Å². The van der Waals surface area contributed by atoms with Gasteiger partial charge in [0.15, 0.2) is 6.29 Å². The zero-order chi connectivity index (χ0) is 16.9. The summed E-state index contributed by atoms with van der Waals surface area (Å²) in [4.78, 5) is 8.49. The predicted molar refractivity (Wildman–Crippen MR) is 110 cm³/mol. The van der Waals surface area contributed by atoms with Gasteiger partial charge >= 0.3 is 0 Å². The second-order valence-corrected chi connectivity index (χ2v) is 8.21. The van der Waals surface area contributed by atoms with E-state index in [0.717, 1.165) is 22.8 Å². The summed E-state index contributed by atoms with van der Waals surface area (Å²) in [5.41, 5.74) is 2.66. The number of pyridine rings is 1. The van der Waals surface area contributed by atoms with Gasteiger partial charge in [-0.3, -0.25) is 15.3 Å². The highest BCUT2D eigenvalue weighted by Crippen LogP contribution is 2.36. The quantitative estimate of drug-likeness (QED) is 0.232. The number of aliphatic imine (C=N–C) groups is 1. The Balaban J connectivity index is 1.53. The van der Waals surface area contributed by atoms with Crippen molar-refractivity contribution in [2.24, 2.45) is 10.9 Å². The van der Waals surface area contributed by atoms with Crippen molar-refractivity contribution >= 4 is 44.7 Å². The van der Waals surface area contributed by atoms with Gasteiger partial charge in [-0.1, -0.05) is 34.2 Å². The van der Waals surface area contributed by atoms with E-state index in [1.807, 2.05) is 18.3 Å². The Kier molecular flexibility index (Phi) is 6.29. The standard InChI is InChI=1S/C17H21BrIN5/c1-11(13-2-3-13)8-15(19)23-16-14(18)10-22-17(24-16)21-9-12-4-6-20-7-5-12/h4-8,10,13,15,17,21,23-24H,2-3,9H2,1H3/b11-8+. The second kappa shape index (κ2) is 8.44. The van der Waals surface area contributed by atoms with Crippen LogP contribution in [0.15, 0.2) is 51.5 Å². The van der Waals surface area contributed by atoms with E-state index in [4.69, 9.17) is 0 Å². The average Bonchev–Trinajstić information content (AvgIpc) is 3.41. The molecule has 3 N–H and O–H groups in total. The highest BCUT2D eigenvalue weighted by atomic mass is 127. The molecule has 0 amide bonds. The molecule has 2 atom stereocenters. The molecule has 1 fully saturated rings. The Morgan fingerprint density at radius 2 is 2.21 bits per heavy atom. The Bertz CT molecular complexity index is 654. The molecule has 2 aliphatic rings. The number of alkyl halides is 1. The molecule has 1 saturated carbocycles. The average molecular weight is 502 g/mol. The highest BCUT2D eigenvalue weighted by molar-refractivity contribution is 14.1.